The number of benzene rings is 9. The standard InChI is InChI=1S/C61H39N3O2/c1-61(2)49-21-11-9-18-42(49)43-28-27-41(35-50(43)61)64-51-22-12-10-19-44(51)46-32-39(24-29-52(46)64)40-26-30-53-47(33-40)56-45(20-13-23-55(56)65-53)60-62-57(37-16-7-4-8-17-37)59-58(63-60)48-34-38(25-31-54(48)66-59)36-14-5-3-6-15-36/h3-35H,1-2H3. The van der Waals surface area contributed by atoms with Crippen molar-refractivity contribution in [1.29, 1.82) is 0 Å². The Bertz CT molecular complexity index is 4140. The third-order valence-corrected chi connectivity index (χ3v) is 14.0. The van der Waals surface area contributed by atoms with Crippen molar-refractivity contribution in [2.45, 2.75) is 19.3 Å². The van der Waals surface area contributed by atoms with E-state index in [9.17, 15) is 0 Å². The van der Waals surface area contributed by atoms with Crippen molar-refractivity contribution in [3.63, 3.8) is 0 Å². The highest BCUT2D eigenvalue weighted by Crippen LogP contribution is 2.50. The molecule has 0 saturated heterocycles. The summed E-state index contributed by atoms with van der Waals surface area (Å²) in [7, 11) is 0. The zero-order chi connectivity index (χ0) is 43.7. The van der Waals surface area contributed by atoms with Crippen molar-refractivity contribution in [3.8, 4) is 61.7 Å². The predicted molar refractivity (Wildman–Crippen MR) is 270 cm³/mol. The minimum absolute atomic E-state index is 0.0904. The van der Waals surface area contributed by atoms with Gasteiger partial charge in [0, 0.05) is 49.2 Å². The zero-order valence-electron chi connectivity index (χ0n) is 36.2. The second-order valence-electron chi connectivity index (χ2n) is 18.1. The Morgan fingerprint density at radius 1 is 0.409 bits per heavy atom. The minimum atomic E-state index is -0.0904. The lowest BCUT2D eigenvalue weighted by Crippen LogP contribution is -2.15. The van der Waals surface area contributed by atoms with Gasteiger partial charge in [-0.2, -0.15) is 0 Å². The summed E-state index contributed by atoms with van der Waals surface area (Å²) in [6, 6.07) is 71.2. The molecule has 1 aliphatic carbocycles. The average molecular weight is 846 g/mol. The molecule has 14 rings (SSSR count). The fourth-order valence-electron chi connectivity index (χ4n) is 10.8. The fourth-order valence-corrected chi connectivity index (χ4v) is 10.8. The molecule has 9 aromatic carbocycles. The quantitative estimate of drug-likeness (QED) is 0.173. The maximum atomic E-state index is 6.60. The van der Waals surface area contributed by atoms with E-state index >= 15 is 0 Å². The van der Waals surface area contributed by atoms with Crippen molar-refractivity contribution >= 4 is 65.8 Å². The fraction of sp³-hybridized carbons (Fsp3) is 0.0492. The number of hydrogen-bond acceptors (Lipinski definition) is 4. The van der Waals surface area contributed by atoms with E-state index in [4.69, 9.17) is 18.8 Å². The van der Waals surface area contributed by atoms with Gasteiger partial charge in [-0.25, -0.2) is 9.97 Å². The van der Waals surface area contributed by atoms with Gasteiger partial charge in [0.1, 0.15) is 28.0 Å². The van der Waals surface area contributed by atoms with Crippen LogP contribution in [0.15, 0.2) is 209 Å². The Balaban J connectivity index is 0.929. The van der Waals surface area contributed by atoms with Gasteiger partial charge in [0.15, 0.2) is 11.4 Å². The number of nitrogens with zero attached hydrogens (tertiary/aromatic N) is 3. The summed E-state index contributed by atoms with van der Waals surface area (Å²) in [6.45, 7) is 4.69. The molecule has 0 aliphatic heterocycles. The van der Waals surface area contributed by atoms with Gasteiger partial charge in [-0.15, -0.1) is 0 Å². The van der Waals surface area contributed by atoms with Crippen LogP contribution in [0.5, 0.6) is 0 Å². The number of fused-ring (bicyclic) bond motifs is 12. The van der Waals surface area contributed by atoms with Crippen LogP contribution in [-0.4, -0.2) is 14.5 Å². The Kier molecular flexibility index (Phi) is 7.68. The zero-order valence-corrected chi connectivity index (χ0v) is 36.2. The van der Waals surface area contributed by atoms with Crippen LogP contribution in [0, 0.1) is 0 Å². The monoisotopic (exact) mass is 845 g/mol. The lowest BCUT2D eigenvalue weighted by Gasteiger charge is -2.22. The molecule has 66 heavy (non-hydrogen) atoms. The molecule has 0 radical (unpaired) electrons. The third kappa shape index (κ3) is 5.34. The highest BCUT2D eigenvalue weighted by molar-refractivity contribution is 6.15. The van der Waals surface area contributed by atoms with E-state index < -0.39 is 0 Å². The summed E-state index contributed by atoms with van der Waals surface area (Å²) in [4.78, 5) is 10.7. The van der Waals surface area contributed by atoms with Crippen LogP contribution >= 0.6 is 0 Å². The first-order chi connectivity index (χ1) is 32.5. The normalized spacial score (nSPS) is 13.1. The summed E-state index contributed by atoms with van der Waals surface area (Å²) >= 11 is 0. The molecule has 1 aliphatic rings. The van der Waals surface area contributed by atoms with E-state index in [1.54, 1.807) is 0 Å². The Hall–Kier alpha value is -8.54. The minimum Gasteiger partial charge on any atom is -0.456 e. The van der Waals surface area contributed by atoms with Gasteiger partial charge in [-0.3, -0.25) is 0 Å². The molecule has 0 spiro atoms. The van der Waals surface area contributed by atoms with Crippen LogP contribution in [0.25, 0.3) is 128 Å². The SMILES string of the molecule is CC1(C)c2ccccc2-c2ccc(-n3c4ccccc4c4cc(-c5ccc6oc7cccc(-c8nc(-c9ccccc9)c9oc%10ccc(-c%11ccccc%11)cc%10c9n8)c7c6c5)ccc43)cc21. The predicted octanol–water partition coefficient (Wildman–Crippen LogP) is 16.3. The van der Waals surface area contributed by atoms with Crippen LogP contribution in [0.1, 0.15) is 25.0 Å². The van der Waals surface area contributed by atoms with Crippen LogP contribution in [0.3, 0.4) is 0 Å². The molecule has 0 bridgehead atoms. The molecule has 0 saturated carbocycles. The Morgan fingerprint density at radius 3 is 1.88 bits per heavy atom. The molecule has 0 amide bonds. The Morgan fingerprint density at radius 2 is 1.05 bits per heavy atom. The van der Waals surface area contributed by atoms with Gasteiger partial charge in [-0.1, -0.05) is 153 Å². The largest absolute Gasteiger partial charge is 0.456 e. The van der Waals surface area contributed by atoms with Gasteiger partial charge in [-0.05, 0) is 105 Å². The molecule has 5 heteroatoms. The van der Waals surface area contributed by atoms with Gasteiger partial charge in [0.05, 0.1) is 11.0 Å². The van der Waals surface area contributed by atoms with Gasteiger partial charge >= 0.3 is 0 Å². The van der Waals surface area contributed by atoms with Crippen molar-refractivity contribution in [1.82, 2.24) is 14.5 Å². The number of para-hydroxylation sites is 1. The average Bonchev–Trinajstić information content (AvgIpc) is 4.10. The summed E-state index contributed by atoms with van der Waals surface area (Å²) < 4.78 is 15.6. The number of hydrogen-bond donors (Lipinski definition) is 0. The maximum Gasteiger partial charge on any atom is 0.180 e. The molecule has 0 unspecified atom stereocenters. The molecule has 0 N–H and O–H groups in total. The third-order valence-electron chi connectivity index (χ3n) is 14.0. The summed E-state index contributed by atoms with van der Waals surface area (Å²) in [6.07, 6.45) is 0. The number of rotatable bonds is 5. The van der Waals surface area contributed by atoms with Crippen LogP contribution in [0.4, 0.5) is 0 Å². The van der Waals surface area contributed by atoms with E-state index in [1.807, 2.05) is 42.5 Å². The lowest BCUT2D eigenvalue weighted by atomic mass is 9.82. The molecule has 13 aromatic rings. The lowest BCUT2D eigenvalue weighted by molar-refractivity contribution is 0.660. The number of furan rings is 2. The van der Waals surface area contributed by atoms with Gasteiger partial charge in [0.25, 0.3) is 0 Å². The second-order valence-corrected chi connectivity index (χ2v) is 18.1. The van der Waals surface area contributed by atoms with Crippen LogP contribution in [-0.2, 0) is 5.41 Å². The topological polar surface area (TPSA) is 57.0 Å². The van der Waals surface area contributed by atoms with E-state index in [1.165, 1.54) is 49.7 Å². The van der Waals surface area contributed by atoms with Crippen LogP contribution < -0.4 is 0 Å². The Labute approximate surface area is 379 Å². The highest BCUT2D eigenvalue weighted by Gasteiger charge is 2.35. The van der Waals surface area contributed by atoms with Crippen molar-refractivity contribution in [3.05, 3.63) is 211 Å². The smallest absolute Gasteiger partial charge is 0.180 e. The molecule has 5 nitrogen and oxygen atoms in total. The number of aromatic nitrogens is 3. The highest BCUT2D eigenvalue weighted by atomic mass is 16.3. The van der Waals surface area contributed by atoms with E-state index in [-0.39, 0.29) is 5.41 Å². The summed E-state index contributed by atoms with van der Waals surface area (Å²) in [5.41, 5.74) is 19.7. The molecule has 0 atom stereocenters. The van der Waals surface area contributed by atoms with Gasteiger partial charge in [0.2, 0.25) is 0 Å². The second kappa shape index (κ2) is 13.7. The van der Waals surface area contributed by atoms with Crippen molar-refractivity contribution in [2.75, 3.05) is 0 Å². The first-order valence-electron chi connectivity index (χ1n) is 22.6. The summed E-state index contributed by atoms with van der Waals surface area (Å²) in [5, 5.41) is 5.36. The van der Waals surface area contributed by atoms with E-state index in [0.29, 0.717) is 11.4 Å². The molecular formula is C61H39N3O2. The molecule has 310 valence electrons. The van der Waals surface area contributed by atoms with E-state index in [0.717, 1.165) is 77.5 Å². The van der Waals surface area contributed by atoms with Gasteiger partial charge < -0.3 is 13.4 Å². The van der Waals surface area contributed by atoms with Crippen molar-refractivity contribution in [2.24, 2.45) is 0 Å². The van der Waals surface area contributed by atoms with E-state index in [2.05, 4.69) is 176 Å². The van der Waals surface area contributed by atoms with Crippen molar-refractivity contribution < 1.29 is 8.83 Å². The molecule has 4 heterocycles. The maximum absolute atomic E-state index is 6.60. The molecular weight excluding hydrogens is 807 g/mol. The van der Waals surface area contributed by atoms with Crippen LogP contribution in [0.2, 0.25) is 0 Å². The molecule has 4 aromatic heterocycles. The summed E-state index contributed by atoms with van der Waals surface area (Å²) in [5.74, 6) is 0.612. The first kappa shape index (κ1) is 36.9. The first-order valence-corrected chi connectivity index (χ1v) is 22.6. The molecule has 0 fully saturated rings.